The molecule has 2 N–H and O–H groups in total. The number of hydrogen-bond donors (Lipinski definition) is 2. The topological polar surface area (TPSA) is 32.3 Å². The standard InChI is InChI=1S/C11H15NO.ClH/c1-9-7-11(13,8-12-9)10-5-3-2-4-6-10;/h2-6,9,12-13H,7-8H2,1H3;1H. The molecular weight excluding hydrogens is 198 g/mol. The van der Waals surface area contributed by atoms with Crippen LogP contribution in [0.25, 0.3) is 0 Å². The van der Waals surface area contributed by atoms with Crippen LogP contribution < -0.4 is 5.32 Å². The number of β-amino-alcohol motifs (C(OH)–C–C–N with tert-alkyl or cyclic N) is 1. The van der Waals surface area contributed by atoms with Crippen LogP contribution in [0.15, 0.2) is 30.3 Å². The lowest BCUT2D eigenvalue weighted by Crippen LogP contribution is -2.28. The average molecular weight is 214 g/mol. The van der Waals surface area contributed by atoms with Crippen LogP contribution >= 0.6 is 12.4 Å². The average Bonchev–Trinajstić information content (AvgIpc) is 2.49. The molecule has 1 aromatic rings. The van der Waals surface area contributed by atoms with Crippen molar-refractivity contribution in [2.75, 3.05) is 6.54 Å². The molecule has 1 aromatic carbocycles. The van der Waals surface area contributed by atoms with Crippen LogP contribution in [0.1, 0.15) is 18.9 Å². The Morgan fingerprint density at radius 1 is 1.36 bits per heavy atom. The van der Waals surface area contributed by atoms with Crippen molar-refractivity contribution in [3.63, 3.8) is 0 Å². The third-order valence-electron chi connectivity index (χ3n) is 2.70. The molecular formula is C11H16ClNO. The highest BCUT2D eigenvalue weighted by Crippen LogP contribution is 2.29. The first-order valence-corrected chi connectivity index (χ1v) is 4.72. The quantitative estimate of drug-likeness (QED) is 0.744. The Morgan fingerprint density at radius 3 is 2.50 bits per heavy atom. The van der Waals surface area contributed by atoms with Gasteiger partial charge in [-0.25, -0.2) is 0 Å². The lowest BCUT2D eigenvalue weighted by Gasteiger charge is -2.21. The minimum absolute atomic E-state index is 0. The van der Waals surface area contributed by atoms with Gasteiger partial charge in [-0.2, -0.15) is 0 Å². The second-order valence-corrected chi connectivity index (χ2v) is 3.88. The first kappa shape index (κ1) is 11.5. The van der Waals surface area contributed by atoms with Gasteiger partial charge in [-0.1, -0.05) is 30.3 Å². The van der Waals surface area contributed by atoms with Gasteiger partial charge in [0.05, 0.1) is 0 Å². The molecule has 0 spiro atoms. The number of benzene rings is 1. The van der Waals surface area contributed by atoms with Gasteiger partial charge in [0, 0.05) is 12.6 Å². The Labute approximate surface area is 90.7 Å². The normalized spacial score (nSPS) is 31.1. The van der Waals surface area contributed by atoms with Gasteiger partial charge in [0.1, 0.15) is 5.60 Å². The maximum atomic E-state index is 10.3. The van der Waals surface area contributed by atoms with E-state index in [0.717, 1.165) is 12.0 Å². The molecule has 0 aromatic heterocycles. The molecule has 2 nitrogen and oxygen atoms in total. The maximum Gasteiger partial charge on any atom is 0.103 e. The summed E-state index contributed by atoms with van der Waals surface area (Å²) in [6.07, 6.45) is 0.803. The summed E-state index contributed by atoms with van der Waals surface area (Å²) in [7, 11) is 0. The fraction of sp³-hybridized carbons (Fsp3) is 0.455. The van der Waals surface area contributed by atoms with E-state index in [9.17, 15) is 5.11 Å². The third kappa shape index (κ3) is 2.08. The fourth-order valence-electron chi connectivity index (χ4n) is 1.96. The zero-order valence-corrected chi connectivity index (χ0v) is 9.05. The maximum absolute atomic E-state index is 10.3. The Kier molecular flexibility index (Phi) is 3.53. The molecule has 2 unspecified atom stereocenters. The van der Waals surface area contributed by atoms with Crippen LogP contribution in [-0.2, 0) is 5.60 Å². The highest BCUT2D eigenvalue weighted by Gasteiger charge is 2.36. The van der Waals surface area contributed by atoms with E-state index in [0.29, 0.717) is 12.6 Å². The zero-order valence-electron chi connectivity index (χ0n) is 8.23. The molecule has 78 valence electrons. The van der Waals surface area contributed by atoms with E-state index >= 15 is 0 Å². The number of rotatable bonds is 1. The van der Waals surface area contributed by atoms with Crippen molar-refractivity contribution < 1.29 is 5.11 Å². The molecule has 0 saturated carbocycles. The molecule has 2 atom stereocenters. The minimum atomic E-state index is -0.652. The third-order valence-corrected chi connectivity index (χ3v) is 2.70. The van der Waals surface area contributed by atoms with E-state index in [-0.39, 0.29) is 12.4 Å². The molecule has 1 fully saturated rings. The van der Waals surface area contributed by atoms with Gasteiger partial charge in [0.2, 0.25) is 0 Å². The van der Waals surface area contributed by atoms with E-state index in [1.807, 2.05) is 30.3 Å². The van der Waals surface area contributed by atoms with Gasteiger partial charge in [0.25, 0.3) is 0 Å². The molecule has 14 heavy (non-hydrogen) atoms. The van der Waals surface area contributed by atoms with Crippen LogP contribution in [0, 0.1) is 0 Å². The highest BCUT2D eigenvalue weighted by atomic mass is 35.5. The van der Waals surface area contributed by atoms with Gasteiger partial charge in [-0.05, 0) is 18.9 Å². The van der Waals surface area contributed by atoms with E-state index in [1.54, 1.807) is 0 Å². The summed E-state index contributed by atoms with van der Waals surface area (Å²) in [5, 5.41) is 13.5. The first-order valence-electron chi connectivity index (χ1n) is 4.72. The van der Waals surface area contributed by atoms with Gasteiger partial charge in [-0.15, -0.1) is 12.4 Å². The summed E-state index contributed by atoms with van der Waals surface area (Å²) >= 11 is 0. The number of halogens is 1. The fourth-order valence-corrected chi connectivity index (χ4v) is 1.96. The molecule has 1 aliphatic heterocycles. The molecule has 2 rings (SSSR count). The van der Waals surface area contributed by atoms with Gasteiger partial charge < -0.3 is 10.4 Å². The minimum Gasteiger partial charge on any atom is -0.384 e. The predicted octanol–water partition coefficient (Wildman–Crippen LogP) is 1.68. The predicted molar refractivity (Wildman–Crippen MR) is 59.7 cm³/mol. The molecule has 3 heteroatoms. The summed E-state index contributed by atoms with van der Waals surface area (Å²) < 4.78 is 0. The smallest absolute Gasteiger partial charge is 0.103 e. The van der Waals surface area contributed by atoms with Crippen molar-refractivity contribution in [2.24, 2.45) is 0 Å². The number of nitrogens with one attached hydrogen (secondary N) is 1. The Hall–Kier alpha value is -0.570. The van der Waals surface area contributed by atoms with Crippen LogP contribution in [0.3, 0.4) is 0 Å². The molecule has 0 amide bonds. The summed E-state index contributed by atoms with van der Waals surface area (Å²) in [6.45, 7) is 2.76. The van der Waals surface area contributed by atoms with Crippen LogP contribution in [-0.4, -0.2) is 17.7 Å². The second kappa shape index (κ2) is 4.30. The van der Waals surface area contributed by atoms with E-state index in [2.05, 4.69) is 12.2 Å². The molecule has 1 heterocycles. The lowest BCUT2D eigenvalue weighted by molar-refractivity contribution is 0.0565. The largest absolute Gasteiger partial charge is 0.384 e. The van der Waals surface area contributed by atoms with Gasteiger partial charge >= 0.3 is 0 Å². The van der Waals surface area contributed by atoms with E-state index in [4.69, 9.17) is 0 Å². The van der Waals surface area contributed by atoms with Crippen LogP contribution in [0.5, 0.6) is 0 Å². The summed E-state index contributed by atoms with van der Waals surface area (Å²) in [6, 6.07) is 10.3. The summed E-state index contributed by atoms with van der Waals surface area (Å²) in [5.74, 6) is 0. The number of hydrogen-bond acceptors (Lipinski definition) is 2. The van der Waals surface area contributed by atoms with E-state index < -0.39 is 5.60 Å². The Morgan fingerprint density at radius 2 is 2.00 bits per heavy atom. The van der Waals surface area contributed by atoms with Crippen LogP contribution in [0.2, 0.25) is 0 Å². The van der Waals surface area contributed by atoms with Crippen molar-refractivity contribution in [3.8, 4) is 0 Å². The number of aliphatic hydroxyl groups is 1. The molecule has 1 aliphatic rings. The van der Waals surface area contributed by atoms with Gasteiger partial charge in [-0.3, -0.25) is 0 Å². The van der Waals surface area contributed by atoms with Crippen molar-refractivity contribution in [1.82, 2.24) is 5.32 Å². The molecule has 0 aliphatic carbocycles. The van der Waals surface area contributed by atoms with Crippen molar-refractivity contribution in [3.05, 3.63) is 35.9 Å². The van der Waals surface area contributed by atoms with Crippen molar-refractivity contribution in [2.45, 2.75) is 25.0 Å². The monoisotopic (exact) mass is 213 g/mol. The Balaban J connectivity index is 0.000000980. The first-order chi connectivity index (χ1) is 6.21. The second-order valence-electron chi connectivity index (χ2n) is 3.88. The van der Waals surface area contributed by atoms with Crippen LogP contribution in [0.4, 0.5) is 0 Å². The Bertz CT molecular complexity index is 291. The zero-order chi connectivity index (χ0) is 9.31. The summed E-state index contributed by atoms with van der Waals surface area (Å²) in [5.41, 5.74) is 0.368. The SMILES string of the molecule is CC1CC(O)(c2ccccc2)CN1.Cl. The molecule has 1 saturated heterocycles. The highest BCUT2D eigenvalue weighted by molar-refractivity contribution is 5.85. The van der Waals surface area contributed by atoms with Crippen molar-refractivity contribution >= 4 is 12.4 Å². The van der Waals surface area contributed by atoms with E-state index in [1.165, 1.54) is 0 Å². The molecule has 0 bridgehead atoms. The van der Waals surface area contributed by atoms with Gasteiger partial charge in [0.15, 0.2) is 0 Å². The molecule has 0 radical (unpaired) electrons. The lowest BCUT2D eigenvalue weighted by atomic mass is 9.92. The summed E-state index contributed by atoms with van der Waals surface area (Å²) in [4.78, 5) is 0. The van der Waals surface area contributed by atoms with Crippen molar-refractivity contribution in [1.29, 1.82) is 0 Å².